The van der Waals surface area contributed by atoms with Crippen molar-refractivity contribution in [3.8, 4) is 23.0 Å². The van der Waals surface area contributed by atoms with Gasteiger partial charge < -0.3 is 18.6 Å². The van der Waals surface area contributed by atoms with E-state index in [-0.39, 0.29) is 18.1 Å². The molecule has 0 fully saturated rings. The van der Waals surface area contributed by atoms with E-state index in [0.29, 0.717) is 17.4 Å². The number of methoxy groups -OCH3 is 2. The summed E-state index contributed by atoms with van der Waals surface area (Å²) in [5, 5.41) is 7.83. The monoisotopic (exact) mass is 340 g/mol. The molecule has 0 bridgehead atoms. The number of benzene rings is 2. The second-order valence-corrected chi connectivity index (χ2v) is 5.01. The molecule has 128 valence electrons. The number of hydrogen-bond acceptors (Lipinski definition) is 7. The Morgan fingerprint density at radius 2 is 1.84 bits per heavy atom. The average Bonchev–Trinajstić information content (AvgIpc) is 3.15. The van der Waals surface area contributed by atoms with Gasteiger partial charge in [-0.1, -0.05) is 18.2 Å². The minimum atomic E-state index is -0.574. The molecule has 0 spiro atoms. The highest BCUT2D eigenvalue weighted by molar-refractivity contribution is 5.93. The molecule has 0 amide bonds. The Morgan fingerprint density at radius 3 is 2.56 bits per heavy atom. The van der Waals surface area contributed by atoms with Gasteiger partial charge in [0.2, 0.25) is 5.89 Å². The number of hydrogen-bond donors (Lipinski definition) is 0. The fraction of sp³-hybridized carbons (Fsp3) is 0.167. The summed E-state index contributed by atoms with van der Waals surface area (Å²) in [7, 11) is 2.99. The number of nitrogens with zero attached hydrogens (tertiary/aromatic N) is 2. The van der Waals surface area contributed by atoms with E-state index in [0.717, 1.165) is 5.56 Å². The Kier molecular flexibility index (Phi) is 4.94. The van der Waals surface area contributed by atoms with Gasteiger partial charge in [-0.15, -0.1) is 10.2 Å². The zero-order chi connectivity index (χ0) is 17.6. The van der Waals surface area contributed by atoms with Crippen molar-refractivity contribution in [3.05, 3.63) is 60.0 Å². The van der Waals surface area contributed by atoms with Crippen LogP contribution in [0.2, 0.25) is 0 Å². The van der Waals surface area contributed by atoms with Crippen molar-refractivity contribution in [1.29, 1.82) is 0 Å². The van der Waals surface area contributed by atoms with Crippen LogP contribution in [0, 0.1) is 0 Å². The van der Waals surface area contributed by atoms with Gasteiger partial charge in [-0.05, 0) is 30.3 Å². The Labute approximate surface area is 144 Å². The zero-order valence-corrected chi connectivity index (χ0v) is 13.8. The van der Waals surface area contributed by atoms with Crippen LogP contribution in [-0.2, 0) is 11.3 Å². The van der Waals surface area contributed by atoms with E-state index in [1.54, 1.807) is 18.2 Å². The van der Waals surface area contributed by atoms with Gasteiger partial charge in [-0.2, -0.15) is 0 Å². The van der Waals surface area contributed by atoms with Gasteiger partial charge in [0.15, 0.2) is 6.61 Å². The molecule has 7 heteroatoms. The van der Waals surface area contributed by atoms with E-state index in [1.165, 1.54) is 14.2 Å². The van der Waals surface area contributed by atoms with Crippen LogP contribution in [0.3, 0.4) is 0 Å². The van der Waals surface area contributed by atoms with Crippen molar-refractivity contribution in [3.63, 3.8) is 0 Å². The molecule has 7 nitrogen and oxygen atoms in total. The third-order valence-electron chi connectivity index (χ3n) is 3.44. The summed E-state index contributed by atoms with van der Waals surface area (Å²) in [4.78, 5) is 12.3. The van der Waals surface area contributed by atoms with Crippen molar-refractivity contribution in [1.82, 2.24) is 10.2 Å². The topological polar surface area (TPSA) is 83.7 Å². The number of carbonyl (C=O) groups excluding carboxylic acids is 1. The van der Waals surface area contributed by atoms with Crippen molar-refractivity contribution < 1.29 is 23.4 Å². The molecule has 1 heterocycles. The van der Waals surface area contributed by atoms with E-state index < -0.39 is 5.97 Å². The molecule has 0 aliphatic heterocycles. The van der Waals surface area contributed by atoms with E-state index >= 15 is 0 Å². The predicted octanol–water partition coefficient (Wildman–Crippen LogP) is 3.11. The largest absolute Gasteiger partial charge is 0.497 e. The van der Waals surface area contributed by atoms with E-state index in [1.807, 2.05) is 30.3 Å². The molecule has 1 aromatic heterocycles. The minimum Gasteiger partial charge on any atom is -0.497 e. The molecule has 0 unspecified atom stereocenters. The van der Waals surface area contributed by atoms with Crippen molar-refractivity contribution >= 4 is 5.97 Å². The molecule has 0 atom stereocenters. The molecule has 0 N–H and O–H groups in total. The summed E-state index contributed by atoms with van der Waals surface area (Å²) in [5.41, 5.74) is 1.05. The van der Waals surface area contributed by atoms with Crippen LogP contribution in [0.25, 0.3) is 11.5 Å². The minimum absolute atomic E-state index is 0.140. The zero-order valence-electron chi connectivity index (χ0n) is 13.8. The number of esters is 1. The lowest BCUT2D eigenvalue weighted by atomic mass is 10.2. The maximum Gasteiger partial charge on any atom is 0.342 e. The van der Waals surface area contributed by atoms with Crippen LogP contribution in [0.4, 0.5) is 0 Å². The van der Waals surface area contributed by atoms with Crippen molar-refractivity contribution in [2.45, 2.75) is 6.61 Å². The smallest absolute Gasteiger partial charge is 0.342 e. The lowest BCUT2D eigenvalue weighted by molar-refractivity contribution is 0.0434. The molecule has 3 aromatic rings. The normalized spacial score (nSPS) is 10.3. The van der Waals surface area contributed by atoms with Crippen LogP contribution in [0.15, 0.2) is 52.9 Å². The lowest BCUT2D eigenvalue weighted by Crippen LogP contribution is -2.07. The summed E-state index contributed by atoms with van der Waals surface area (Å²) in [6.45, 7) is -0.140. The fourth-order valence-corrected chi connectivity index (χ4v) is 2.19. The highest BCUT2D eigenvalue weighted by Crippen LogP contribution is 2.25. The summed E-state index contributed by atoms with van der Waals surface area (Å²) >= 11 is 0. The van der Waals surface area contributed by atoms with E-state index in [9.17, 15) is 4.79 Å². The molecule has 0 aliphatic rings. The Morgan fingerprint density at radius 1 is 1.04 bits per heavy atom. The first-order valence-corrected chi connectivity index (χ1v) is 7.48. The summed E-state index contributed by atoms with van der Waals surface area (Å²) in [5.74, 6) is 0.910. The maximum absolute atomic E-state index is 12.3. The maximum atomic E-state index is 12.3. The van der Waals surface area contributed by atoms with Crippen LogP contribution < -0.4 is 9.47 Å². The van der Waals surface area contributed by atoms with Gasteiger partial charge in [-0.3, -0.25) is 0 Å². The first-order chi connectivity index (χ1) is 12.2. The molecule has 0 saturated carbocycles. The Balaban J connectivity index is 1.70. The van der Waals surface area contributed by atoms with Crippen molar-refractivity contribution in [2.24, 2.45) is 0 Å². The third-order valence-corrected chi connectivity index (χ3v) is 3.44. The number of rotatable bonds is 6. The van der Waals surface area contributed by atoms with Crippen LogP contribution in [0.5, 0.6) is 11.5 Å². The Bertz CT molecular complexity index is 861. The summed E-state index contributed by atoms with van der Waals surface area (Å²) in [6, 6.07) is 14.2. The first-order valence-electron chi connectivity index (χ1n) is 7.48. The van der Waals surface area contributed by atoms with Gasteiger partial charge in [0.25, 0.3) is 5.89 Å². The standard InChI is InChI=1S/C18H16N2O5/c1-22-13-8-9-15(23-2)14(10-13)18(21)24-11-16-19-20-17(25-16)12-6-4-3-5-7-12/h3-10H,11H2,1-2H3. The SMILES string of the molecule is COc1ccc(OC)c(C(=O)OCc2nnc(-c3ccccc3)o2)c1. The molecule has 0 radical (unpaired) electrons. The molecule has 25 heavy (non-hydrogen) atoms. The Hall–Kier alpha value is -3.35. The van der Waals surface area contributed by atoms with Gasteiger partial charge in [-0.25, -0.2) is 4.79 Å². The van der Waals surface area contributed by atoms with Gasteiger partial charge in [0.1, 0.15) is 17.1 Å². The highest BCUT2D eigenvalue weighted by Gasteiger charge is 2.17. The second kappa shape index (κ2) is 7.48. The average molecular weight is 340 g/mol. The fourth-order valence-electron chi connectivity index (χ4n) is 2.19. The molecule has 0 saturated heterocycles. The number of aromatic nitrogens is 2. The quantitative estimate of drug-likeness (QED) is 0.637. The van der Waals surface area contributed by atoms with Crippen LogP contribution in [0.1, 0.15) is 16.2 Å². The van der Waals surface area contributed by atoms with Gasteiger partial charge in [0.05, 0.1) is 14.2 Å². The predicted molar refractivity (Wildman–Crippen MR) is 88.4 cm³/mol. The summed E-state index contributed by atoms with van der Waals surface area (Å²) in [6.07, 6.45) is 0. The number of ether oxygens (including phenoxy) is 3. The third kappa shape index (κ3) is 3.77. The van der Waals surface area contributed by atoms with Crippen LogP contribution in [-0.4, -0.2) is 30.4 Å². The van der Waals surface area contributed by atoms with E-state index in [4.69, 9.17) is 18.6 Å². The lowest BCUT2D eigenvalue weighted by Gasteiger charge is -2.09. The highest BCUT2D eigenvalue weighted by atomic mass is 16.5. The molecular weight excluding hydrogens is 324 g/mol. The molecule has 0 aliphatic carbocycles. The molecular formula is C18H16N2O5. The molecule has 3 rings (SSSR count). The second-order valence-electron chi connectivity index (χ2n) is 5.01. The summed E-state index contributed by atoms with van der Waals surface area (Å²) < 4.78 is 21.0. The van der Waals surface area contributed by atoms with E-state index in [2.05, 4.69) is 10.2 Å². The first kappa shape index (κ1) is 16.5. The van der Waals surface area contributed by atoms with Gasteiger partial charge >= 0.3 is 5.97 Å². The van der Waals surface area contributed by atoms with Crippen LogP contribution >= 0.6 is 0 Å². The van der Waals surface area contributed by atoms with Gasteiger partial charge in [0, 0.05) is 5.56 Å². The van der Waals surface area contributed by atoms with Crippen molar-refractivity contribution in [2.75, 3.05) is 14.2 Å². The number of carbonyl (C=O) groups is 1. The molecule has 2 aromatic carbocycles.